The average molecular weight is 649 g/mol. The van der Waals surface area contributed by atoms with E-state index in [0.717, 1.165) is 12.8 Å². The maximum Gasteiger partial charge on any atom is 0.305 e. The zero-order valence-corrected chi connectivity index (χ0v) is 28.8. The molecule has 0 aromatic heterocycles. The highest BCUT2D eigenvalue weighted by molar-refractivity contribution is 5.69. The van der Waals surface area contributed by atoms with E-state index in [1.54, 1.807) is 6.08 Å². The molecule has 0 rings (SSSR count). The molecule has 0 unspecified atom stereocenters. The van der Waals surface area contributed by atoms with E-state index in [-0.39, 0.29) is 5.97 Å². The minimum absolute atomic E-state index is 0.128. The van der Waals surface area contributed by atoms with Crippen molar-refractivity contribution in [2.45, 2.75) is 96.8 Å². The van der Waals surface area contributed by atoms with E-state index in [2.05, 4.69) is 13.5 Å². The largest absolute Gasteiger partial charge is 0.463 e. The lowest BCUT2D eigenvalue weighted by molar-refractivity contribution is -0.145. The Bertz CT molecular complexity index is 579. The molecule has 0 N–H and O–H groups in total. The third kappa shape index (κ3) is 40.9. The van der Waals surface area contributed by atoms with E-state index >= 15 is 0 Å². The summed E-state index contributed by atoms with van der Waals surface area (Å²) in [6.45, 7) is 14.3. The SMILES string of the molecule is C=CCOCCOCCOCCOCCOCCOCCOCCOCCOC(=O)CCCCCCCCCCCCCCC. The molecule has 0 saturated carbocycles. The Morgan fingerprint density at radius 2 is 0.711 bits per heavy atom. The van der Waals surface area contributed by atoms with E-state index in [1.165, 1.54) is 70.6 Å². The van der Waals surface area contributed by atoms with Gasteiger partial charge in [-0.15, -0.1) is 6.58 Å². The Morgan fingerprint density at radius 1 is 0.422 bits per heavy atom. The van der Waals surface area contributed by atoms with Crippen LogP contribution in [-0.4, -0.2) is 118 Å². The Morgan fingerprint density at radius 3 is 1.04 bits per heavy atom. The number of hydrogen-bond acceptors (Lipinski definition) is 10. The van der Waals surface area contributed by atoms with Gasteiger partial charge in [-0.2, -0.15) is 0 Å². The fourth-order valence-corrected chi connectivity index (χ4v) is 4.28. The number of rotatable bonds is 40. The molecule has 0 fully saturated rings. The lowest BCUT2D eigenvalue weighted by Crippen LogP contribution is -2.15. The number of unbranched alkanes of at least 4 members (excludes halogenated alkanes) is 12. The van der Waals surface area contributed by atoms with Gasteiger partial charge in [-0.1, -0.05) is 90.0 Å². The van der Waals surface area contributed by atoms with Gasteiger partial charge < -0.3 is 42.6 Å². The molecule has 0 radical (unpaired) electrons. The highest BCUT2D eigenvalue weighted by atomic mass is 16.6. The first kappa shape index (κ1) is 43.9. The van der Waals surface area contributed by atoms with Crippen molar-refractivity contribution in [3.8, 4) is 0 Å². The van der Waals surface area contributed by atoms with Crippen molar-refractivity contribution < 1.29 is 47.4 Å². The summed E-state index contributed by atoms with van der Waals surface area (Å²) >= 11 is 0. The Balaban J connectivity index is 3.13. The highest BCUT2D eigenvalue weighted by Crippen LogP contribution is 2.13. The topological polar surface area (TPSA) is 100 Å². The number of ether oxygens (including phenoxy) is 9. The molecule has 0 heterocycles. The van der Waals surface area contributed by atoms with Gasteiger partial charge in [0.1, 0.15) is 6.61 Å². The molecule has 10 heteroatoms. The highest BCUT2D eigenvalue weighted by Gasteiger charge is 2.03. The van der Waals surface area contributed by atoms with Crippen LogP contribution in [0.1, 0.15) is 96.8 Å². The molecular weight excluding hydrogens is 580 g/mol. The number of carbonyl (C=O) groups excluding carboxylic acids is 1. The molecule has 45 heavy (non-hydrogen) atoms. The third-order valence-corrected chi connectivity index (χ3v) is 6.81. The molecule has 0 aromatic carbocycles. The molecule has 0 aliphatic rings. The van der Waals surface area contributed by atoms with Crippen LogP contribution in [0.2, 0.25) is 0 Å². The second-order valence-electron chi connectivity index (χ2n) is 10.9. The predicted octanol–water partition coefficient (Wildman–Crippen LogP) is 6.33. The first-order valence-electron chi connectivity index (χ1n) is 17.7. The molecule has 10 nitrogen and oxygen atoms in total. The van der Waals surface area contributed by atoms with Crippen molar-refractivity contribution in [2.75, 3.05) is 112 Å². The number of esters is 1. The fourth-order valence-electron chi connectivity index (χ4n) is 4.28. The van der Waals surface area contributed by atoms with Crippen LogP contribution in [0.4, 0.5) is 0 Å². The van der Waals surface area contributed by atoms with Gasteiger partial charge in [0, 0.05) is 6.42 Å². The zero-order chi connectivity index (χ0) is 32.6. The third-order valence-electron chi connectivity index (χ3n) is 6.81. The predicted molar refractivity (Wildman–Crippen MR) is 178 cm³/mol. The Kier molecular flexibility index (Phi) is 39.9. The van der Waals surface area contributed by atoms with Crippen molar-refractivity contribution in [1.29, 1.82) is 0 Å². The van der Waals surface area contributed by atoms with Crippen LogP contribution in [0.25, 0.3) is 0 Å². The lowest BCUT2D eigenvalue weighted by Gasteiger charge is -2.09. The lowest BCUT2D eigenvalue weighted by atomic mass is 10.0. The van der Waals surface area contributed by atoms with E-state index in [0.29, 0.717) is 119 Å². The van der Waals surface area contributed by atoms with Crippen LogP contribution >= 0.6 is 0 Å². The van der Waals surface area contributed by atoms with Crippen molar-refractivity contribution in [2.24, 2.45) is 0 Å². The minimum Gasteiger partial charge on any atom is -0.463 e. The summed E-state index contributed by atoms with van der Waals surface area (Å²) in [6.07, 6.45) is 19.1. The van der Waals surface area contributed by atoms with Crippen molar-refractivity contribution >= 4 is 5.97 Å². The molecule has 0 spiro atoms. The summed E-state index contributed by atoms with van der Waals surface area (Å²) in [4.78, 5) is 11.8. The average Bonchev–Trinajstić information content (AvgIpc) is 3.05. The van der Waals surface area contributed by atoms with Crippen LogP contribution in [0.15, 0.2) is 12.7 Å². The summed E-state index contributed by atoms with van der Waals surface area (Å²) in [5, 5.41) is 0. The molecule has 0 saturated heterocycles. The Hall–Kier alpha value is -1.11. The van der Waals surface area contributed by atoms with Gasteiger partial charge in [0.2, 0.25) is 0 Å². The molecule has 0 aromatic rings. The Labute approximate surface area is 275 Å². The van der Waals surface area contributed by atoms with Gasteiger partial charge in [-0.25, -0.2) is 0 Å². The second kappa shape index (κ2) is 40.9. The van der Waals surface area contributed by atoms with Crippen LogP contribution in [-0.2, 0) is 47.4 Å². The van der Waals surface area contributed by atoms with Gasteiger partial charge in [0.05, 0.1) is 106 Å². The summed E-state index contributed by atoms with van der Waals surface area (Å²) in [5.41, 5.74) is 0. The van der Waals surface area contributed by atoms with Gasteiger partial charge in [0.15, 0.2) is 0 Å². The van der Waals surface area contributed by atoms with Crippen LogP contribution < -0.4 is 0 Å². The maximum atomic E-state index is 11.8. The van der Waals surface area contributed by atoms with Crippen LogP contribution in [0, 0.1) is 0 Å². The van der Waals surface area contributed by atoms with E-state index in [9.17, 15) is 4.79 Å². The molecule has 0 aliphatic carbocycles. The number of carbonyl (C=O) groups is 1. The van der Waals surface area contributed by atoms with E-state index < -0.39 is 0 Å². The summed E-state index contributed by atoms with van der Waals surface area (Å²) in [5.74, 6) is -0.128. The van der Waals surface area contributed by atoms with Gasteiger partial charge >= 0.3 is 5.97 Å². The maximum absolute atomic E-state index is 11.8. The molecule has 0 atom stereocenters. The minimum atomic E-state index is -0.128. The zero-order valence-electron chi connectivity index (χ0n) is 28.8. The van der Waals surface area contributed by atoms with Gasteiger partial charge in [0.25, 0.3) is 0 Å². The first-order valence-corrected chi connectivity index (χ1v) is 17.7. The van der Waals surface area contributed by atoms with E-state index in [1.807, 2.05) is 0 Å². The van der Waals surface area contributed by atoms with Crippen molar-refractivity contribution in [3.63, 3.8) is 0 Å². The van der Waals surface area contributed by atoms with Gasteiger partial charge in [-0.3, -0.25) is 4.79 Å². The van der Waals surface area contributed by atoms with Crippen molar-refractivity contribution in [1.82, 2.24) is 0 Å². The number of hydrogen-bond donors (Lipinski definition) is 0. The second-order valence-corrected chi connectivity index (χ2v) is 10.9. The smallest absolute Gasteiger partial charge is 0.305 e. The van der Waals surface area contributed by atoms with Crippen molar-refractivity contribution in [3.05, 3.63) is 12.7 Å². The first-order chi connectivity index (χ1) is 22.3. The quantitative estimate of drug-likeness (QED) is 0.0426. The molecule has 268 valence electrons. The summed E-state index contributed by atoms with van der Waals surface area (Å²) in [6, 6.07) is 0. The molecule has 0 aliphatic heterocycles. The summed E-state index contributed by atoms with van der Waals surface area (Å²) in [7, 11) is 0. The van der Waals surface area contributed by atoms with Crippen LogP contribution in [0.3, 0.4) is 0 Å². The monoisotopic (exact) mass is 648 g/mol. The standard InChI is InChI=1S/C35H68O10/c1-3-5-6-7-8-9-10-11-12-13-14-15-16-17-35(36)45-34-33-44-32-31-43-30-29-42-28-27-41-26-25-40-24-23-39-22-21-38-20-19-37-18-4-2/h4H,2-3,5-34H2,1H3. The molecule has 0 amide bonds. The summed E-state index contributed by atoms with van der Waals surface area (Å²) < 4.78 is 48.6. The van der Waals surface area contributed by atoms with E-state index in [4.69, 9.17) is 42.6 Å². The van der Waals surface area contributed by atoms with Crippen LogP contribution in [0.5, 0.6) is 0 Å². The molecular formula is C35H68O10. The fraction of sp³-hybridized carbons (Fsp3) is 0.914. The molecule has 0 bridgehead atoms. The normalized spacial score (nSPS) is 11.3. The van der Waals surface area contributed by atoms with Gasteiger partial charge in [-0.05, 0) is 6.42 Å².